The number of rotatable bonds is 9. The molecule has 1 aromatic heterocycles. The minimum Gasteiger partial charge on any atom is -0.368 e. The van der Waals surface area contributed by atoms with Crippen molar-refractivity contribution in [2.24, 2.45) is 16.1 Å². The van der Waals surface area contributed by atoms with Crippen LogP contribution in [0.15, 0.2) is 14.8 Å². The highest BCUT2D eigenvalue weighted by molar-refractivity contribution is 5.76. The highest BCUT2D eigenvalue weighted by Crippen LogP contribution is 2.40. The number of nitrogens with zero attached hydrogens (tertiary/aromatic N) is 4. The predicted octanol–water partition coefficient (Wildman–Crippen LogP) is 2.50. The Hall–Kier alpha value is -2.27. The van der Waals surface area contributed by atoms with Gasteiger partial charge < -0.3 is 14.6 Å². The SMILES string of the molecule is C#CCCC1(CCC(=O)NC[C@@H]2CCO[C@@H]2c2nc(C3CC3)no2)N=N1. The molecule has 1 aromatic rings. The second-order valence-corrected chi connectivity index (χ2v) is 7.30. The number of hydrogen-bond acceptors (Lipinski definition) is 7. The lowest BCUT2D eigenvalue weighted by atomic mass is 10.0. The first-order valence-electron chi connectivity index (χ1n) is 9.28. The van der Waals surface area contributed by atoms with Gasteiger partial charge in [-0.3, -0.25) is 4.79 Å². The molecule has 0 unspecified atom stereocenters. The van der Waals surface area contributed by atoms with Gasteiger partial charge in [0.1, 0.15) is 6.10 Å². The molecule has 1 saturated heterocycles. The number of carbonyl (C=O) groups is 1. The lowest BCUT2D eigenvalue weighted by Crippen LogP contribution is -2.31. The van der Waals surface area contributed by atoms with Crippen LogP contribution in [0.25, 0.3) is 0 Å². The Balaban J connectivity index is 1.23. The summed E-state index contributed by atoms with van der Waals surface area (Å²) < 4.78 is 11.2. The first kappa shape index (κ1) is 17.2. The van der Waals surface area contributed by atoms with Gasteiger partial charge in [-0.25, -0.2) is 0 Å². The van der Waals surface area contributed by atoms with Crippen LogP contribution >= 0.6 is 0 Å². The Kier molecular flexibility index (Phi) is 4.72. The molecule has 3 aliphatic rings. The van der Waals surface area contributed by atoms with Crippen LogP contribution < -0.4 is 5.32 Å². The zero-order chi connectivity index (χ0) is 18.0. The second-order valence-electron chi connectivity index (χ2n) is 7.30. The first-order valence-corrected chi connectivity index (χ1v) is 9.28. The van der Waals surface area contributed by atoms with Crippen molar-refractivity contribution in [3.05, 3.63) is 11.7 Å². The third kappa shape index (κ3) is 3.93. The van der Waals surface area contributed by atoms with Gasteiger partial charge in [0, 0.05) is 50.7 Å². The summed E-state index contributed by atoms with van der Waals surface area (Å²) in [5.74, 6) is 4.51. The molecule has 138 valence electrons. The van der Waals surface area contributed by atoms with Gasteiger partial charge in [-0.1, -0.05) is 5.16 Å². The summed E-state index contributed by atoms with van der Waals surface area (Å²) in [6.45, 7) is 1.18. The topological polar surface area (TPSA) is 102 Å². The molecular weight excluding hydrogens is 334 g/mol. The summed E-state index contributed by atoms with van der Waals surface area (Å²) in [4.78, 5) is 16.6. The number of aromatic nitrogens is 2. The van der Waals surface area contributed by atoms with E-state index in [0.29, 0.717) is 44.2 Å². The smallest absolute Gasteiger partial charge is 0.256 e. The average Bonchev–Trinajstić information content (AvgIpc) is 3.55. The zero-order valence-electron chi connectivity index (χ0n) is 14.7. The molecule has 8 nitrogen and oxygen atoms in total. The van der Waals surface area contributed by atoms with Gasteiger partial charge in [0.25, 0.3) is 5.89 Å². The molecule has 0 aromatic carbocycles. The molecule has 2 fully saturated rings. The van der Waals surface area contributed by atoms with E-state index in [0.717, 1.165) is 31.5 Å². The summed E-state index contributed by atoms with van der Waals surface area (Å²) >= 11 is 0. The van der Waals surface area contributed by atoms with Crippen molar-refractivity contribution in [3.8, 4) is 12.3 Å². The van der Waals surface area contributed by atoms with Crippen LogP contribution in [-0.4, -0.2) is 34.9 Å². The molecule has 1 saturated carbocycles. The van der Waals surface area contributed by atoms with Crippen molar-refractivity contribution >= 4 is 5.91 Å². The molecule has 0 bridgehead atoms. The van der Waals surface area contributed by atoms with E-state index >= 15 is 0 Å². The van der Waals surface area contributed by atoms with Gasteiger partial charge in [0.2, 0.25) is 5.91 Å². The van der Waals surface area contributed by atoms with Crippen molar-refractivity contribution < 1.29 is 14.1 Å². The molecule has 1 aliphatic carbocycles. The van der Waals surface area contributed by atoms with E-state index in [2.05, 4.69) is 31.6 Å². The van der Waals surface area contributed by atoms with E-state index < -0.39 is 5.66 Å². The normalized spacial score (nSPS) is 25.8. The summed E-state index contributed by atoms with van der Waals surface area (Å²) in [6, 6.07) is 0. The van der Waals surface area contributed by atoms with Gasteiger partial charge in [0.15, 0.2) is 11.5 Å². The molecule has 0 spiro atoms. The van der Waals surface area contributed by atoms with E-state index in [1.807, 2.05) is 0 Å². The number of hydrogen-bond donors (Lipinski definition) is 1. The van der Waals surface area contributed by atoms with Crippen LogP contribution in [0.3, 0.4) is 0 Å². The molecule has 2 atom stereocenters. The summed E-state index contributed by atoms with van der Waals surface area (Å²) in [7, 11) is 0. The Morgan fingerprint density at radius 3 is 2.88 bits per heavy atom. The third-order valence-corrected chi connectivity index (χ3v) is 5.22. The highest BCUT2D eigenvalue weighted by atomic mass is 16.5. The summed E-state index contributed by atoms with van der Waals surface area (Å²) in [5, 5.41) is 15.2. The highest BCUT2D eigenvalue weighted by Gasteiger charge is 2.40. The third-order valence-electron chi connectivity index (χ3n) is 5.22. The number of carbonyl (C=O) groups excluding carboxylic acids is 1. The zero-order valence-corrected chi connectivity index (χ0v) is 14.7. The maximum absolute atomic E-state index is 12.2. The van der Waals surface area contributed by atoms with Crippen molar-refractivity contribution in [3.63, 3.8) is 0 Å². The van der Waals surface area contributed by atoms with Crippen molar-refractivity contribution in [1.29, 1.82) is 0 Å². The number of ether oxygens (including phenoxy) is 1. The maximum Gasteiger partial charge on any atom is 0.256 e. The molecule has 1 amide bonds. The van der Waals surface area contributed by atoms with E-state index in [1.54, 1.807) is 0 Å². The van der Waals surface area contributed by atoms with E-state index in [-0.39, 0.29) is 17.9 Å². The number of terminal acetylenes is 1. The monoisotopic (exact) mass is 357 g/mol. The predicted molar refractivity (Wildman–Crippen MR) is 91.0 cm³/mol. The van der Waals surface area contributed by atoms with Gasteiger partial charge >= 0.3 is 0 Å². The lowest BCUT2D eigenvalue weighted by molar-refractivity contribution is -0.121. The van der Waals surface area contributed by atoms with Gasteiger partial charge in [-0.15, -0.1) is 12.3 Å². The molecule has 26 heavy (non-hydrogen) atoms. The van der Waals surface area contributed by atoms with Crippen molar-refractivity contribution in [1.82, 2.24) is 15.5 Å². The van der Waals surface area contributed by atoms with Crippen molar-refractivity contribution in [2.75, 3.05) is 13.2 Å². The minimum absolute atomic E-state index is 0.00256. The molecular formula is C18H23N5O3. The second kappa shape index (κ2) is 7.16. The van der Waals surface area contributed by atoms with Crippen LogP contribution in [0.5, 0.6) is 0 Å². The van der Waals surface area contributed by atoms with Gasteiger partial charge in [-0.2, -0.15) is 15.2 Å². The quantitative estimate of drug-likeness (QED) is 0.684. The Labute approximate surface area is 152 Å². The number of nitrogens with one attached hydrogen (secondary N) is 1. The fraction of sp³-hybridized carbons (Fsp3) is 0.722. The Bertz CT molecular complexity index is 727. The van der Waals surface area contributed by atoms with Crippen molar-refractivity contribution in [2.45, 2.75) is 62.6 Å². The first-order chi connectivity index (χ1) is 12.7. The Morgan fingerprint density at radius 1 is 1.31 bits per heavy atom. The van der Waals surface area contributed by atoms with Gasteiger partial charge in [0.05, 0.1) is 0 Å². The molecule has 2 aliphatic heterocycles. The molecule has 1 N–H and O–H groups in total. The fourth-order valence-electron chi connectivity index (χ4n) is 3.30. The summed E-state index contributed by atoms with van der Waals surface area (Å²) in [6.07, 6.45) is 10.5. The van der Waals surface area contributed by atoms with E-state index in [1.165, 1.54) is 0 Å². The largest absolute Gasteiger partial charge is 0.368 e. The van der Waals surface area contributed by atoms with Gasteiger partial charge in [-0.05, 0) is 19.3 Å². The fourth-order valence-corrected chi connectivity index (χ4v) is 3.30. The molecule has 0 radical (unpaired) electrons. The molecule has 3 heterocycles. The Morgan fingerprint density at radius 2 is 2.15 bits per heavy atom. The molecule has 8 heteroatoms. The van der Waals surface area contributed by atoms with Crippen LogP contribution in [0, 0.1) is 18.3 Å². The number of amides is 1. The van der Waals surface area contributed by atoms with Crippen LogP contribution in [0.2, 0.25) is 0 Å². The van der Waals surface area contributed by atoms with Crippen LogP contribution in [0.4, 0.5) is 0 Å². The minimum atomic E-state index is -0.411. The molecule has 4 rings (SSSR count). The maximum atomic E-state index is 12.2. The standard InChI is InChI=1S/C18H23N5O3/c1-2-3-8-18(22-23-18)9-6-14(24)19-11-13-7-10-25-15(13)17-20-16(21-26-17)12-4-5-12/h1,12-13,15H,3-11H2,(H,19,24)/t13-,15-/m0/s1. The van der Waals surface area contributed by atoms with Crippen LogP contribution in [-0.2, 0) is 9.53 Å². The lowest BCUT2D eigenvalue weighted by Gasteiger charge is -2.16. The van der Waals surface area contributed by atoms with E-state index in [4.69, 9.17) is 15.7 Å². The average molecular weight is 357 g/mol. The summed E-state index contributed by atoms with van der Waals surface area (Å²) in [5.41, 5.74) is -0.411. The van der Waals surface area contributed by atoms with Crippen LogP contribution in [0.1, 0.15) is 68.7 Å². The van der Waals surface area contributed by atoms with E-state index in [9.17, 15) is 4.79 Å².